The van der Waals surface area contributed by atoms with Gasteiger partial charge >= 0.3 is 7.60 Å². The first-order valence-electron chi connectivity index (χ1n) is 6.01. The first kappa shape index (κ1) is 16.1. The fraction of sp³-hybridized carbons (Fsp3) is 1.00. The third kappa shape index (κ3) is 14.1. The molecule has 0 rings (SSSR count). The first-order chi connectivity index (χ1) is 7.56. The molecular formula is C10H25N2O3P. The van der Waals surface area contributed by atoms with Gasteiger partial charge in [-0.3, -0.25) is 4.57 Å². The topological polar surface area (TPSA) is 95.6 Å². The fourth-order valence-corrected chi connectivity index (χ4v) is 2.14. The molecule has 0 aromatic carbocycles. The molecule has 0 bridgehead atoms. The van der Waals surface area contributed by atoms with Crippen LogP contribution in [0.2, 0.25) is 0 Å². The van der Waals surface area contributed by atoms with Gasteiger partial charge in [-0.2, -0.15) is 0 Å². The Morgan fingerprint density at radius 1 is 0.938 bits per heavy atom. The molecule has 0 saturated carbocycles. The van der Waals surface area contributed by atoms with Gasteiger partial charge in [0.05, 0.1) is 0 Å². The molecule has 0 saturated heterocycles. The van der Waals surface area contributed by atoms with Crippen LogP contribution in [0, 0.1) is 0 Å². The molecule has 0 spiro atoms. The molecule has 6 heteroatoms. The maximum absolute atomic E-state index is 10.5. The van der Waals surface area contributed by atoms with Gasteiger partial charge in [-0.1, -0.05) is 25.7 Å². The van der Waals surface area contributed by atoms with Crippen LogP contribution in [-0.4, -0.2) is 35.6 Å². The van der Waals surface area contributed by atoms with E-state index in [1.54, 1.807) is 0 Å². The van der Waals surface area contributed by atoms with Crippen molar-refractivity contribution >= 4 is 7.60 Å². The highest BCUT2D eigenvalue weighted by atomic mass is 31.2. The number of nitrogens with one attached hydrogen (secondary N) is 1. The second kappa shape index (κ2) is 10.2. The van der Waals surface area contributed by atoms with Crippen molar-refractivity contribution in [3.63, 3.8) is 0 Å². The molecule has 0 atom stereocenters. The molecule has 5 N–H and O–H groups in total. The van der Waals surface area contributed by atoms with E-state index in [9.17, 15) is 4.57 Å². The summed E-state index contributed by atoms with van der Waals surface area (Å²) in [7, 11) is -3.76. The van der Waals surface area contributed by atoms with E-state index in [1.165, 1.54) is 6.42 Å². The predicted octanol–water partition coefficient (Wildman–Crippen LogP) is 1.05. The van der Waals surface area contributed by atoms with Crippen LogP contribution in [-0.2, 0) is 4.57 Å². The Kier molecular flexibility index (Phi) is 10.3. The number of rotatable bonds is 11. The highest BCUT2D eigenvalue weighted by molar-refractivity contribution is 7.51. The molecule has 16 heavy (non-hydrogen) atoms. The average Bonchev–Trinajstić information content (AvgIpc) is 2.19. The van der Waals surface area contributed by atoms with Crippen LogP contribution in [0.4, 0.5) is 0 Å². The van der Waals surface area contributed by atoms with E-state index < -0.39 is 7.60 Å². The van der Waals surface area contributed by atoms with Gasteiger partial charge < -0.3 is 20.8 Å². The lowest BCUT2D eigenvalue weighted by Gasteiger charge is -2.04. The van der Waals surface area contributed by atoms with Crippen molar-refractivity contribution in [3.8, 4) is 0 Å². The summed E-state index contributed by atoms with van der Waals surface area (Å²) in [5, 5.41) is 3.23. The zero-order valence-electron chi connectivity index (χ0n) is 9.90. The van der Waals surface area contributed by atoms with Gasteiger partial charge in [0.2, 0.25) is 0 Å². The summed E-state index contributed by atoms with van der Waals surface area (Å²) in [5.74, 6) is 0. The van der Waals surface area contributed by atoms with Crippen LogP contribution in [0.5, 0.6) is 0 Å². The maximum atomic E-state index is 10.5. The smallest absolute Gasteiger partial charge is 0.325 e. The second-order valence-corrected chi connectivity index (χ2v) is 5.82. The third-order valence-electron chi connectivity index (χ3n) is 2.37. The minimum Gasteiger partial charge on any atom is -0.329 e. The van der Waals surface area contributed by atoms with E-state index in [1.807, 2.05) is 0 Å². The molecule has 0 unspecified atom stereocenters. The van der Waals surface area contributed by atoms with E-state index in [0.29, 0.717) is 13.0 Å². The minimum absolute atomic E-state index is 0.0328. The van der Waals surface area contributed by atoms with E-state index in [-0.39, 0.29) is 6.16 Å². The van der Waals surface area contributed by atoms with Crippen LogP contribution < -0.4 is 11.1 Å². The highest BCUT2D eigenvalue weighted by Crippen LogP contribution is 2.35. The summed E-state index contributed by atoms with van der Waals surface area (Å²) in [6.07, 6.45) is 6.12. The summed E-state index contributed by atoms with van der Waals surface area (Å²) >= 11 is 0. The van der Waals surface area contributed by atoms with Gasteiger partial charge in [0, 0.05) is 19.3 Å². The number of nitrogens with two attached hydrogens (primary N) is 1. The Morgan fingerprint density at radius 3 is 2.06 bits per heavy atom. The summed E-state index contributed by atoms with van der Waals surface area (Å²) < 4.78 is 10.5. The van der Waals surface area contributed by atoms with Gasteiger partial charge in [-0.25, -0.2) is 0 Å². The average molecular weight is 252 g/mol. The largest absolute Gasteiger partial charge is 0.329 e. The SMILES string of the molecule is NCCNCCCCCCCCP(=O)(O)O. The summed E-state index contributed by atoms with van der Waals surface area (Å²) in [5.41, 5.74) is 5.33. The molecule has 0 aromatic heterocycles. The van der Waals surface area contributed by atoms with Crippen LogP contribution >= 0.6 is 7.60 Å². The van der Waals surface area contributed by atoms with E-state index in [2.05, 4.69) is 5.32 Å². The molecule has 0 radical (unpaired) electrons. The number of hydrogen-bond acceptors (Lipinski definition) is 3. The standard InChI is InChI=1S/C10H25N2O3P/c11-7-9-12-8-5-3-1-2-4-6-10-16(13,14)15/h12H,1-11H2,(H2,13,14,15). The van der Waals surface area contributed by atoms with Crippen molar-refractivity contribution in [1.29, 1.82) is 0 Å². The molecular weight excluding hydrogens is 227 g/mol. The third-order valence-corrected chi connectivity index (χ3v) is 3.27. The Hall–Kier alpha value is 0.0700. The van der Waals surface area contributed by atoms with Gasteiger partial charge in [-0.05, 0) is 19.4 Å². The van der Waals surface area contributed by atoms with Crippen LogP contribution in [0.25, 0.3) is 0 Å². The van der Waals surface area contributed by atoms with Crippen LogP contribution in [0.1, 0.15) is 38.5 Å². The zero-order valence-corrected chi connectivity index (χ0v) is 10.8. The molecule has 0 fully saturated rings. The molecule has 0 aliphatic rings. The quantitative estimate of drug-likeness (QED) is 0.326. The predicted molar refractivity (Wildman–Crippen MR) is 66.5 cm³/mol. The molecule has 0 aliphatic heterocycles. The molecule has 0 aliphatic carbocycles. The molecule has 0 heterocycles. The monoisotopic (exact) mass is 252 g/mol. The van der Waals surface area contributed by atoms with Gasteiger partial charge in [0.15, 0.2) is 0 Å². The van der Waals surface area contributed by atoms with Crippen LogP contribution in [0.3, 0.4) is 0 Å². The van der Waals surface area contributed by atoms with Crippen molar-refractivity contribution in [1.82, 2.24) is 5.32 Å². The van der Waals surface area contributed by atoms with E-state index >= 15 is 0 Å². The zero-order chi connectivity index (χ0) is 12.3. The summed E-state index contributed by atoms with van der Waals surface area (Å²) in [4.78, 5) is 17.3. The molecule has 98 valence electrons. The lowest BCUT2D eigenvalue weighted by Crippen LogP contribution is -2.23. The Balaban J connectivity index is 3.02. The van der Waals surface area contributed by atoms with E-state index in [0.717, 1.165) is 38.8 Å². The van der Waals surface area contributed by atoms with Crippen molar-refractivity contribution in [3.05, 3.63) is 0 Å². The number of hydrogen-bond donors (Lipinski definition) is 4. The summed E-state index contributed by atoms with van der Waals surface area (Å²) in [6, 6.07) is 0. The fourth-order valence-electron chi connectivity index (χ4n) is 1.50. The van der Waals surface area contributed by atoms with Gasteiger partial charge in [0.25, 0.3) is 0 Å². The lowest BCUT2D eigenvalue weighted by molar-refractivity contribution is 0.370. The Labute approximate surface area is 98.0 Å². The minimum atomic E-state index is -3.76. The van der Waals surface area contributed by atoms with Crippen LogP contribution in [0.15, 0.2) is 0 Å². The van der Waals surface area contributed by atoms with Crippen molar-refractivity contribution in [2.45, 2.75) is 38.5 Å². The lowest BCUT2D eigenvalue weighted by atomic mass is 10.1. The Morgan fingerprint density at radius 2 is 1.50 bits per heavy atom. The summed E-state index contributed by atoms with van der Waals surface area (Å²) in [6.45, 7) is 2.57. The van der Waals surface area contributed by atoms with E-state index in [4.69, 9.17) is 15.5 Å². The first-order valence-corrected chi connectivity index (χ1v) is 7.81. The highest BCUT2D eigenvalue weighted by Gasteiger charge is 2.10. The second-order valence-electron chi connectivity index (χ2n) is 4.05. The van der Waals surface area contributed by atoms with Crippen molar-refractivity contribution in [2.24, 2.45) is 5.73 Å². The van der Waals surface area contributed by atoms with Crippen molar-refractivity contribution in [2.75, 3.05) is 25.8 Å². The molecule has 5 nitrogen and oxygen atoms in total. The van der Waals surface area contributed by atoms with Gasteiger partial charge in [0.1, 0.15) is 0 Å². The van der Waals surface area contributed by atoms with Gasteiger partial charge in [-0.15, -0.1) is 0 Å². The van der Waals surface area contributed by atoms with Crippen molar-refractivity contribution < 1.29 is 14.4 Å². The normalized spacial score (nSPS) is 11.9. The Bertz CT molecular complexity index is 197. The number of unbranched alkanes of at least 4 members (excludes halogenated alkanes) is 5. The molecule has 0 aromatic rings. The maximum Gasteiger partial charge on any atom is 0.325 e. The molecule has 0 amide bonds.